The van der Waals surface area contributed by atoms with Crippen molar-refractivity contribution < 1.29 is 9.90 Å². The van der Waals surface area contributed by atoms with E-state index in [9.17, 15) is 14.7 Å². The number of hydrogen-bond acceptors (Lipinski definition) is 8. The molecule has 0 atom stereocenters. The number of piperidine rings is 1. The van der Waals surface area contributed by atoms with Gasteiger partial charge in [0.15, 0.2) is 0 Å². The van der Waals surface area contributed by atoms with Crippen LogP contribution in [-0.4, -0.2) is 62.3 Å². The highest BCUT2D eigenvalue weighted by Gasteiger charge is 2.24. The molecule has 0 aliphatic carbocycles. The van der Waals surface area contributed by atoms with Gasteiger partial charge in [0, 0.05) is 25.3 Å². The summed E-state index contributed by atoms with van der Waals surface area (Å²) in [6.07, 6.45) is 7.58. The molecule has 0 saturated carbocycles. The molecule has 2 aromatic heterocycles. The van der Waals surface area contributed by atoms with Crippen LogP contribution in [0.15, 0.2) is 35.3 Å². The van der Waals surface area contributed by atoms with Crippen molar-refractivity contribution in [3.05, 3.63) is 46.4 Å². The van der Waals surface area contributed by atoms with Gasteiger partial charge in [-0.25, -0.2) is 10.1 Å². The maximum absolute atomic E-state index is 12.6. The quantitative estimate of drug-likeness (QED) is 0.490. The molecule has 2 aliphatic rings. The number of aromatic amines is 1. The van der Waals surface area contributed by atoms with E-state index in [4.69, 9.17) is 4.98 Å². The number of H-pyrrole nitrogens is 1. The Morgan fingerprint density at radius 2 is 1.74 bits per heavy atom. The van der Waals surface area contributed by atoms with E-state index in [1.54, 1.807) is 6.20 Å². The number of hydrogen-bond donors (Lipinski definition) is 3. The Labute approximate surface area is 203 Å². The largest absolute Gasteiger partial charge is 0.481 e. The van der Waals surface area contributed by atoms with Gasteiger partial charge in [-0.3, -0.25) is 14.5 Å². The van der Waals surface area contributed by atoms with Gasteiger partial charge in [-0.05, 0) is 56.5 Å². The Hall–Kier alpha value is -3.53. The van der Waals surface area contributed by atoms with Crippen LogP contribution in [0.3, 0.4) is 0 Å². The van der Waals surface area contributed by atoms with Crippen molar-refractivity contribution in [3.63, 3.8) is 0 Å². The molecule has 0 spiro atoms. The Morgan fingerprint density at radius 3 is 2.43 bits per heavy atom. The monoisotopic (exact) mass is 477 g/mol. The molecule has 10 heteroatoms. The number of carboxylic acid groups (broad SMARTS) is 1. The van der Waals surface area contributed by atoms with Crippen LogP contribution >= 0.6 is 0 Å². The van der Waals surface area contributed by atoms with Crippen LogP contribution in [0.25, 0.3) is 10.9 Å². The lowest BCUT2D eigenvalue weighted by molar-refractivity contribution is -0.143. The molecule has 0 amide bonds. The maximum Gasteiger partial charge on any atom is 0.306 e. The molecule has 3 aromatic rings. The van der Waals surface area contributed by atoms with Gasteiger partial charge in [-0.2, -0.15) is 10.1 Å². The Morgan fingerprint density at radius 1 is 1.03 bits per heavy atom. The second-order valence-corrected chi connectivity index (χ2v) is 9.44. The number of carboxylic acids is 1. The number of benzene rings is 1. The predicted octanol–water partition coefficient (Wildman–Crippen LogP) is 3.13. The fourth-order valence-electron chi connectivity index (χ4n) is 4.92. The normalized spacial score (nSPS) is 17.9. The number of nitrogens with one attached hydrogen (secondary N) is 2. The minimum absolute atomic E-state index is 0.224. The first-order valence-electron chi connectivity index (χ1n) is 12.4. The molecule has 35 heavy (non-hydrogen) atoms. The van der Waals surface area contributed by atoms with Gasteiger partial charge in [0.1, 0.15) is 16.7 Å². The third-order valence-electron chi connectivity index (χ3n) is 6.95. The zero-order valence-electron chi connectivity index (χ0n) is 19.7. The first kappa shape index (κ1) is 23.2. The zero-order valence-corrected chi connectivity index (χ0v) is 19.7. The molecular formula is C25H31N7O3. The number of carbonyl (C=O) groups is 1. The average molecular weight is 478 g/mol. The summed E-state index contributed by atoms with van der Waals surface area (Å²) in [6, 6.07) is 8.07. The fraction of sp³-hybridized carbons (Fsp3) is 0.480. The van der Waals surface area contributed by atoms with E-state index in [1.165, 1.54) is 12.8 Å². The molecule has 3 N–H and O–H groups in total. The summed E-state index contributed by atoms with van der Waals surface area (Å²) >= 11 is 0. The van der Waals surface area contributed by atoms with E-state index >= 15 is 0 Å². The van der Waals surface area contributed by atoms with Gasteiger partial charge < -0.3 is 15.3 Å². The first-order valence-corrected chi connectivity index (χ1v) is 12.4. The predicted molar refractivity (Wildman–Crippen MR) is 134 cm³/mol. The number of aliphatic carboxylic acids is 1. The van der Waals surface area contributed by atoms with Crippen LogP contribution < -0.4 is 15.8 Å². The lowest BCUT2D eigenvalue weighted by Gasteiger charge is -2.30. The van der Waals surface area contributed by atoms with Gasteiger partial charge >= 0.3 is 5.97 Å². The van der Waals surface area contributed by atoms with Crippen LogP contribution in [-0.2, 0) is 11.3 Å². The first-order chi connectivity index (χ1) is 17.1. The molecule has 10 nitrogen and oxygen atoms in total. The van der Waals surface area contributed by atoms with Gasteiger partial charge in [0.05, 0.1) is 12.1 Å². The van der Waals surface area contributed by atoms with Crippen molar-refractivity contribution in [2.24, 2.45) is 5.92 Å². The Balaban J connectivity index is 1.34. The molecule has 0 bridgehead atoms. The summed E-state index contributed by atoms with van der Waals surface area (Å²) in [4.78, 5) is 37.6. The van der Waals surface area contributed by atoms with Gasteiger partial charge in [0.2, 0.25) is 5.95 Å². The number of fused-ring (bicyclic) bond motifs is 1. The van der Waals surface area contributed by atoms with E-state index in [1.807, 2.05) is 12.1 Å². The topological polar surface area (TPSA) is 127 Å². The molecule has 5 rings (SSSR count). The SMILES string of the molecule is O=C(O)C1CCN(Cc2ccc(Nc3nc(N4CCCCCC4)nc4cn[nH]c(=O)c34)cc2)CC1. The smallest absolute Gasteiger partial charge is 0.306 e. The molecule has 2 fully saturated rings. The van der Waals surface area contributed by atoms with Crippen LogP contribution in [0.4, 0.5) is 17.5 Å². The van der Waals surface area contributed by atoms with E-state index in [0.717, 1.165) is 56.8 Å². The summed E-state index contributed by atoms with van der Waals surface area (Å²) in [7, 11) is 0. The van der Waals surface area contributed by atoms with Crippen molar-refractivity contribution in [2.45, 2.75) is 45.1 Å². The Bertz CT molecular complexity index is 1230. The number of likely N-dealkylation sites (tertiary alicyclic amines) is 1. The highest BCUT2D eigenvalue weighted by atomic mass is 16.4. The van der Waals surface area contributed by atoms with Crippen molar-refractivity contribution in [1.29, 1.82) is 0 Å². The number of nitrogens with zero attached hydrogens (tertiary/aromatic N) is 5. The van der Waals surface area contributed by atoms with E-state index in [2.05, 4.69) is 42.4 Å². The molecule has 0 unspecified atom stereocenters. The standard InChI is InChI=1S/C25H31N7O3/c33-23-21-20(15-26-30-23)28-25(32-11-3-1-2-4-12-32)29-22(21)27-19-7-5-17(6-8-19)16-31-13-9-18(10-14-31)24(34)35/h5-8,15,18H,1-4,9-14,16H2,(H,30,33)(H,34,35)(H,27,28,29). The zero-order chi connectivity index (χ0) is 24.2. The molecule has 184 valence electrons. The third kappa shape index (κ3) is 5.43. The maximum atomic E-state index is 12.6. The van der Waals surface area contributed by atoms with Crippen molar-refractivity contribution in [2.75, 3.05) is 36.4 Å². The molecule has 2 saturated heterocycles. The highest BCUT2D eigenvalue weighted by Crippen LogP contribution is 2.26. The minimum Gasteiger partial charge on any atom is -0.481 e. The lowest BCUT2D eigenvalue weighted by atomic mass is 9.97. The lowest BCUT2D eigenvalue weighted by Crippen LogP contribution is -2.35. The summed E-state index contributed by atoms with van der Waals surface area (Å²) in [5.74, 6) is 0.182. The second-order valence-electron chi connectivity index (χ2n) is 9.44. The van der Waals surface area contributed by atoms with Crippen molar-refractivity contribution >= 4 is 34.3 Å². The van der Waals surface area contributed by atoms with Gasteiger partial charge in [-0.1, -0.05) is 25.0 Å². The number of aromatic nitrogens is 4. The number of anilines is 3. The van der Waals surface area contributed by atoms with Crippen LogP contribution in [0, 0.1) is 5.92 Å². The molecule has 4 heterocycles. The summed E-state index contributed by atoms with van der Waals surface area (Å²) < 4.78 is 0. The van der Waals surface area contributed by atoms with Gasteiger partial charge in [-0.15, -0.1) is 0 Å². The summed E-state index contributed by atoms with van der Waals surface area (Å²) in [5.41, 5.74) is 2.18. The van der Waals surface area contributed by atoms with E-state index in [-0.39, 0.29) is 11.5 Å². The Kier molecular flexibility index (Phi) is 6.89. The summed E-state index contributed by atoms with van der Waals surface area (Å²) in [5, 5.41) is 19.3. The van der Waals surface area contributed by atoms with E-state index in [0.29, 0.717) is 35.5 Å². The minimum atomic E-state index is -0.689. The number of rotatable bonds is 6. The molecule has 1 aromatic carbocycles. The van der Waals surface area contributed by atoms with Crippen molar-refractivity contribution in [1.82, 2.24) is 25.1 Å². The molecule has 2 aliphatic heterocycles. The molecular weight excluding hydrogens is 446 g/mol. The highest BCUT2D eigenvalue weighted by molar-refractivity contribution is 5.90. The molecule has 0 radical (unpaired) electrons. The van der Waals surface area contributed by atoms with Gasteiger partial charge in [0.25, 0.3) is 5.56 Å². The fourth-order valence-corrected chi connectivity index (χ4v) is 4.92. The van der Waals surface area contributed by atoms with Crippen molar-refractivity contribution in [3.8, 4) is 0 Å². The van der Waals surface area contributed by atoms with Crippen LogP contribution in [0.5, 0.6) is 0 Å². The van der Waals surface area contributed by atoms with Crippen LogP contribution in [0.1, 0.15) is 44.1 Å². The second kappa shape index (κ2) is 10.4. The summed E-state index contributed by atoms with van der Waals surface area (Å²) in [6.45, 7) is 4.17. The van der Waals surface area contributed by atoms with Crippen LogP contribution in [0.2, 0.25) is 0 Å². The third-order valence-corrected chi connectivity index (χ3v) is 6.95. The average Bonchev–Trinajstić information content (AvgIpc) is 3.15. The van der Waals surface area contributed by atoms with E-state index < -0.39 is 5.97 Å².